The summed E-state index contributed by atoms with van der Waals surface area (Å²) in [5.41, 5.74) is 0.450. The molecule has 3 nitrogen and oxygen atoms in total. The van der Waals surface area contributed by atoms with Gasteiger partial charge in [0.2, 0.25) is 5.91 Å². The smallest absolute Gasteiger partial charge is 0.231 e. The third kappa shape index (κ3) is 2.81. The molecule has 1 saturated heterocycles. The Bertz CT molecular complexity index is 444. The first-order valence-corrected chi connectivity index (χ1v) is 6.66. The van der Waals surface area contributed by atoms with Gasteiger partial charge in [0.05, 0.1) is 10.4 Å². The normalized spacial score (nSPS) is 23.7. The zero-order chi connectivity index (χ0) is 12.5. The second-order valence-corrected chi connectivity index (χ2v) is 5.83. The molecule has 1 heterocycles. The van der Waals surface area contributed by atoms with Crippen molar-refractivity contribution < 1.29 is 4.79 Å². The van der Waals surface area contributed by atoms with Crippen LogP contribution >= 0.6 is 27.5 Å². The van der Waals surface area contributed by atoms with E-state index in [2.05, 4.69) is 26.6 Å². The summed E-state index contributed by atoms with van der Waals surface area (Å²) in [4.78, 5) is 12.1. The highest BCUT2D eigenvalue weighted by atomic mass is 79.9. The zero-order valence-corrected chi connectivity index (χ0v) is 11.9. The van der Waals surface area contributed by atoms with Crippen LogP contribution in [0.4, 0.5) is 5.69 Å². The van der Waals surface area contributed by atoms with Crippen molar-refractivity contribution in [2.45, 2.75) is 13.3 Å². The van der Waals surface area contributed by atoms with E-state index in [1.54, 1.807) is 12.1 Å². The lowest BCUT2D eigenvalue weighted by molar-refractivity contribution is -0.123. The molecule has 17 heavy (non-hydrogen) atoms. The molecule has 1 unspecified atom stereocenters. The summed E-state index contributed by atoms with van der Waals surface area (Å²) in [6.07, 6.45) is 0.869. The van der Waals surface area contributed by atoms with Crippen LogP contribution < -0.4 is 10.6 Å². The van der Waals surface area contributed by atoms with Gasteiger partial charge >= 0.3 is 0 Å². The molecule has 0 radical (unpaired) electrons. The highest BCUT2D eigenvalue weighted by Gasteiger charge is 2.36. The van der Waals surface area contributed by atoms with Gasteiger partial charge in [-0.15, -0.1) is 0 Å². The molecular formula is C12H14BrClN2O. The second-order valence-electron chi connectivity index (χ2n) is 4.57. The summed E-state index contributed by atoms with van der Waals surface area (Å²) in [7, 11) is 0. The lowest BCUT2D eigenvalue weighted by atomic mass is 9.89. The largest absolute Gasteiger partial charge is 0.326 e. The van der Waals surface area contributed by atoms with Crippen LogP contribution in [0.25, 0.3) is 0 Å². The maximum absolute atomic E-state index is 12.1. The van der Waals surface area contributed by atoms with Gasteiger partial charge in [-0.3, -0.25) is 4.79 Å². The Morgan fingerprint density at radius 2 is 2.35 bits per heavy atom. The van der Waals surface area contributed by atoms with Crippen molar-refractivity contribution in [3.63, 3.8) is 0 Å². The van der Waals surface area contributed by atoms with E-state index in [9.17, 15) is 4.79 Å². The quantitative estimate of drug-likeness (QED) is 0.880. The predicted molar refractivity (Wildman–Crippen MR) is 73.4 cm³/mol. The Morgan fingerprint density at radius 1 is 1.59 bits per heavy atom. The van der Waals surface area contributed by atoms with E-state index in [0.29, 0.717) is 5.02 Å². The number of amides is 1. The number of carbonyl (C=O) groups is 1. The molecule has 1 aromatic rings. The highest BCUT2D eigenvalue weighted by Crippen LogP contribution is 2.29. The first kappa shape index (κ1) is 12.9. The second kappa shape index (κ2) is 4.96. The van der Waals surface area contributed by atoms with E-state index >= 15 is 0 Å². The Balaban J connectivity index is 2.10. The summed E-state index contributed by atoms with van der Waals surface area (Å²) in [5.74, 6) is 0.0525. The lowest BCUT2D eigenvalue weighted by Crippen LogP contribution is -2.35. The van der Waals surface area contributed by atoms with Gasteiger partial charge in [-0.1, -0.05) is 11.6 Å². The molecule has 2 rings (SSSR count). The summed E-state index contributed by atoms with van der Waals surface area (Å²) >= 11 is 9.24. The fraction of sp³-hybridized carbons (Fsp3) is 0.417. The van der Waals surface area contributed by atoms with Crippen LogP contribution in [0.2, 0.25) is 5.02 Å². The maximum atomic E-state index is 12.1. The molecule has 0 aromatic heterocycles. The molecule has 2 N–H and O–H groups in total. The number of nitrogens with one attached hydrogen (secondary N) is 2. The topological polar surface area (TPSA) is 41.1 Å². The number of anilines is 1. The zero-order valence-electron chi connectivity index (χ0n) is 9.52. The van der Waals surface area contributed by atoms with Crippen LogP contribution in [-0.4, -0.2) is 19.0 Å². The molecule has 1 amide bonds. The summed E-state index contributed by atoms with van der Waals surface area (Å²) in [5, 5.41) is 6.77. The van der Waals surface area contributed by atoms with E-state index < -0.39 is 0 Å². The fourth-order valence-electron chi connectivity index (χ4n) is 1.87. The van der Waals surface area contributed by atoms with Crippen molar-refractivity contribution >= 4 is 39.1 Å². The first-order valence-electron chi connectivity index (χ1n) is 5.48. The molecule has 0 bridgehead atoms. The van der Waals surface area contributed by atoms with E-state index in [0.717, 1.165) is 29.7 Å². The molecule has 1 aliphatic rings. The van der Waals surface area contributed by atoms with Crippen LogP contribution in [0, 0.1) is 5.41 Å². The summed E-state index contributed by atoms with van der Waals surface area (Å²) in [6.45, 7) is 3.61. The van der Waals surface area contributed by atoms with E-state index in [1.807, 2.05) is 13.0 Å². The fourth-order valence-corrected chi connectivity index (χ4v) is 2.36. The third-order valence-electron chi connectivity index (χ3n) is 3.09. The number of carbonyl (C=O) groups excluding carboxylic acids is 1. The molecule has 5 heteroatoms. The van der Waals surface area contributed by atoms with Gasteiger partial charge in [-0.25, -0.2) is 0 Å². The molecule has 0 aliphatic carbocycles. The molecule has 1 atom stereocenters. The Labute approximate surface area is 114 Å². The number of rotatable bonds is 2. The molecule has 1 aromatic carbocycles. The van der Waals surface area contributed by atoms with Crippen LogP contribution in [0.5, 0.6) is 0 Å². The van der Waals surface area contributed by atoms with Gasteiger partial charge in [0, 0.05) is 16.7 Å². The number of hydrogen-bond donors (Lipinski definition) is 2. The first-order chi connectivity index (χ1) is 8.01. The van der Waals surface area contributed by atoms with Gasteiger partial charge in [0.25, 0.3) is 0 Å². The third-order valence-corrected chi connectivity index (χ3v) is 4.31. The number of hydrogen-bond acceptors (Lipinski definition) is 2. The van der Waals surface area contributed by atoms with Crippen LogP contribution in [0.15, 0.2) is 22.7 Å². The molecule has 0 saturated carbocycles. The highest BCUT2D eigenvalue weighted by molar-refractivity contribution is 9.10. The monoisotopic (exact) mass is 316 g/mol. The van der Waals surface area contributed by atoms with Gasteiger partial charge in [0.1, 0.15) is 0 Å². The number of benzene rings is 1. The minimum Gasteiger partial charge on any atom is -0.326 e. The molecule has 92 valence electrons. The van der Waals surface area contributed by atoms with Crippen molar-refractivity contribution in [1.82, 2.24) is 5.32 Å². The van der Waals surface area contributed by atoms with Gasteiger partial charge in [0.15, 0.2) is 0 Å². The van der Waals surface area contributed by atoms with Gasteiger partial charge < -0.3 is 10.6 Å². The van der Waals surface area contributed by atoms with Gasteiger partial charge in [-0.2, -0.15) is 0 Å². The van der Waals surface area contributed by atoms with Crippen molar-refractivity contribution in [1.29, 1.82) is 0 Å². The molecular weight excluding hydrogens is 304 g/mol. The Morgan fingerprint density at radius 3 is 2.94 bits per heavy atom. The van der Waals surface area contributed by atoms with Crippen LogP contribution in [-0.2, 0) is 4.79 Å². The Kier molecular flexibility index (Phi) is 3.76. The van der Waals surface area contributed by atoms with Gasteiger partial charge in [-0.05, 0) is 54.0 Å². The van der Waals surface area contributed by atoms with Crippen LogP contribution in [0.3, 0.4) is 0 Å². The SMILES string of the molecule is CC1(C(=O)Nc2ccc(Cl)c(Br)c2)CCNC1. The summed E-state index contributed by atoms with van der Waals surface area (Å²) in [6, 6.07) is 5.37. The Hall–Kier alpha value is -0.580. The number of halogens is 2. The molecule has 0 spiro atoms. The maximum Gasteiger partial charge on any atom is 0.231 e. The van der Waals surface area contributed by atoms with E-state index in [1.165, 1.54) is 0 Å². The van der Waals surface area contributed by atoms with Crippen LogP contribution in [0.1, 0.15) is 13.3 Å². The van der Waals surface area contributed by atoms with E-state index in [4.69, 9.17) is 11.6 Å². The average Bonchev–Trinajstić information content (AvgIpc) is 2.72. The minimum atomic E-state index is -0.313. The van der Waals surface area contributed by atoms with E-state index in [-0.39, 0.29) is 11.3 Å². The molecule has 1 fully saturated rings. The minimum absolute atomic E-state index is 0.0525. The predicted octanol–water partition coefficient (Wildman–Crippen LogP) is 3.04. The standard InChI is InChI=1S/C12H14BrClN2O/c1-12(4-5-15-7-12)11(17)16-8-2-3-10(14)9(13)6-8/h2-3,6,15H,4-5,7H2,1H3,(H,16,17). The molecule has 1 aliphatic heterocycles. The lowest BCUT2D eigenvalue weighted by Gasteiger charge is -2.21. The van der Waals surface area contributed by atoms with Crippen molar-refractivity contribution in [2.75, 3.05) is 18.4 Å². The van der Waals surface area contributed by atoms with Crippen molar-refractivity contribution in [2.24, 2.45) is 5.41 Å². The summed E-state index contributed by atoms with van der Waals surface area (Å²) < 4.78 is 0.784. The average molecular weight is 318 g/mol. The van der Waals surface area contributed by atoms with Crippen molar-refractivity contribution in [3.8, 4) is 0 Å². The van der Waals surface area contributed by atoms with Crippen molar-refractivity contribution in [3.05, 3.63) is 27.7 Å².